The van der Waals surface area contributed by atoms with Gasteiger partial charge in [0.2, 0.25) is 5.76 Å². The van der Waals surface area contributed by atoms with Crippen LogP contribution in [0.2, 0.25) is 0 Å². The van der Waals surface area contributed by atoms with Crippen LogP contribution in [0.1, 0.15) is 28.4 Å². The van der Waals surface area contributed by atoms with Gasteiger partial charge in [0.25, 0.3) is 0 Å². The minimum atomic E-state index is -4.72. The van der Waals surface area contributed by atoms with Crippen molar-refractivity contribution >= 4 is 0 Å². The van der Waals surface area contributed by atoms with Crippen molar-refractivity contribution in [3.05, 3.63) is 45.7 Å². The summed E-state index contributed by atoms with van der Waals surface area (Å²) in [5.74, 6) is -1.53. The highest BCUT2D eigenvalue weighted by atomic mass is 19.4. The first-order valence-electron chi connectivity index (χ1n) is 5.90. The van der Waals surface area contributed by atoms with Crippen LogP contribution in [0.25, 0.3) is 0 Å². The number of ether oxygens (including phenoxy) is 1. The molecule has 1 unspecified atom stereocenters. The summed E-state index contributed by atoms with van der Waals surface area (Å²) in [6.07, 6.45) is -5.51. The van der Waals surface area contributed by atoms with Crippen molar-refractivity contribution in [2.45, 2.75) is 33.1 Å². The van der Waals surface area contributed by atoms with Crippen LogP contribution in [-0.2, 0) is 4.74 Å². The third-order valence-electron chi connectivity index (χ3n) is 3.55. The van der Waals surface area contributed by atoms with E-state index in [2.05, 4.69) is 0 Å². The van der Waals surface area contributed by atoms with Crippen molar-refractivity contribution in [1.29, 1.82) is 0 Å². The lowest BCUT2D eigenvalue weighted by Gasteiger charge is -2.32. The van der Waals surface area contributed by atoms with E-state index in [4.69, 9.17) is 4.74 Å². The van der Waals surface area contributed by atoms with Crippen molar-refractivity contribution in [3.8, 4) is 0 Å². The first kappa shape index (κ1) is 13.9. The van der Waals surface area contributed by atoms with E-state index in [-0.39, 0.29) is 12.2 Å². The summed E-state index contributed by atoms with van der Waals surface area (Å²) in [4.78, 5) is 0. The van der Waals surface area contributed by atoms with Gasteiger partial charge in [0.15, 0.2) is 0 Å². The molecular weight excluding hydrogens is 257 g/mol. The summed E-state index contributed by atoms with van der Waals surface area (Å²) >= 11 is 0. The zero-order chi connectivity index (χ0) is 14.4. The molecule has 0 spiro atoms. The molecule has 2 nitrogen and oxygen atoms in total. The van der Waals surface area contributed by atoms with E-state index in [1.165, 1.54) is 0 Å². The Labute approximate surface area is 109 Å². The maximum atomic E-state index is 12.5. The van der Waals surface area contributed by atoms with Gasteiger partial charge >= 0.3 is 6.18 Å². The Morgan fingerprint density at radius 2 is 1.74 bits per heavy atom. The van der Waals surface area contributed by atoms with Crippen molar-refractivity contribution in [1.82, 2.24) is 0 Å². The summed E-state index contributed by atoms with van der Waals surface area (Å²) in [5.41, 5.74) is 3.65. The van der Waals surface area contributed by atoms with Gasteiger partial charge in [0.1, 0.15) is 6.10 Å². The molecule has 0 saturated carbocycles. The Morgan fingerprint density at radius 3 is 2.11 bits per heavy atom. The summed E-state index contributed by atoms with van der Waals surface area (Å²) in [6, 6.07) is 3.60. The minimum Gasteiger partial charge on any atom is -0.504 e. The second-order valence-corrected chi connectivity index (χ2v) is 4.84. The molecule has 1 N–H and O–H groups in total. The van der Waals surface area contributed by atoms with Gasteiger partial charge in [0.05, 0.1) is 6.61 Å². The van der Waals surface area contributed by atoms with Crippen LogP contribution in [0.15, 0.2) is 23.5 Å². The van der Waals surface area contributed by atoms with Gasteiger partial charge in [0, 0.05) is 5.57 Å². The number of aryl methyl sites for hydroxylation is 2. The summed E-state index contributed by atoms with van der Waals surface area (Å²) in [7, 11) is 0. The fourth-order valence-electron chi connectivity index (χ4n) is 2.14. The molecule has 0 bridgehead atoms. The largest absolute Gasteiger partial charge is 0.504 e. The lowest BCUT2D eigenvalue weighted by Crippen LogP contribution is -2.29. The van der Waals surface area contributed by atoms with Gasteiger partial charge in [-0.3, -0.25) is 0 Å². The van der Waals surface area contributed by atoms with Gasteiger partial charge < -0.3 is 9.84 Å². The average Bonchev–Trinajstić information content (AvgIpc) is 2.23. The van der Waals surface area contributed by atoms with Gasteiger partial charge in [-0.15, -0.1) is 0 Å². The van der Waals surface area contributed by atoms with Crippen LogP contribution in [0.4, 0.5) is 13.2 Å². The highest BCUT2D eigenvalue weighted by Gasteiger charge is 2.42. The number of rotatable bonds is 1. The molecule has 19 heavy (non-hydrogen) atoms. The molecule has 1 atom stereocenters. The second kappa shape index (κ2) is 4.56. The molecule has 0 aliphatic carbocycles. The number of allylic oxidation sites excluding steroid dienone is 1. The predicted octanol–water partition coefficient (Wildman–Crippen LogP) is 4.06. The summed E-state index contributed by atoms with van der Waals surface area (Å²) < 4.78 is 42.6. The zero-order valence-corrected chi connectivity index (χ0v) is 10.9. The van der Waals surface area contributed by atoms with Crippen LogP contribution in [0.3, 0.4) is 0 Å². The zero-order valence-electron chi connectivity index (χ0n) is 10.9. The van der Waals surface area contributed by atoms with Crippen molar-refractivity contribution in [3.63, 3.8) is 0 Å². The molecule has 1 aliphatic rings. The molecule has 0 amide bonds. The van der Waals surface area contributed by atoms with E-state index in [0.29, 0.717) is 5.56 Å². The molecule has 1 aromatic rings. The number of aliphatic hydroxyl groups is 1. The van der Waals surface area contributed by atoms with Gasteiger partial charge in [-0.25, -0.2) is 0 Å². The van der Waals surface area contributed by atoms with Gasteiger partial charge in [-0.2, -0.15) is 13.2 Å². The van der Waals surface area contributed by atoms with E-state index >= 15 is 0 Å². The van der Waals surface area contributed by atoms with E-state index in [9.17, 15) is 18.3 Å². The summed E-state index contributed by atoms with van der Waals surface area (Å²) in [5, 5.41) is 9.21. The smallest absolute Gasteiger partial charge is 0.448 e. The topological polar surface area (TPSA) is 29.5 Å². The first-order chi connectivity index (χ1) is 8.71. The minimum absolute atomic E-state index is 0.102. The van der Waals surface area contributed by atoms with Crippen molar-refractivity contribution < 1.29 is 23.0 Å². The van der Waals surface area contributed by atoms with Crippen LogP contribution in [-0.4, -0.2) is 17.9 Å². The molecule has 1 saturated heterocycles. The Balaban J connectivity index is 2.40. The molecule has 1 aromatic carbocycles. The number of hydrogen-bond acceptors (Lipinski definition) is 2. The number of halogens is 3. The SMILES string of the molecule is Cc1cc(C2OC/C2=C(/O)C(F)(F)F)cc(C)c1C. The number of hydrogen-bond donors (Lipinski definition) is 1. The maximum Gasteiger partial charge on any atom is 0.448 e. The lowest BCUT2D eigenvalue weighted by atomic mass is 9.91. The Morgan fingerprint density at radius 1 is 1.21 bits per heavy atom. The Bertz CT molecular complexity index is 521. The van der Waals surface area contributed by atoms with Crippen LogP contribution in [0, 0.1) is 20.8 Å². The monoisotopic (exact) mass is 272 g/mol. The molecule has 5 heteroatoms. The van der Waals surface area contributed by atoms with E-state index in [1.807, 2.05) is 20.8 Å². The first-order valence-corrected chi connectivity index (χ1v) is 5.90. The third-order valence-corrected chi connectivity index (χ3v) is 3.55. The van der Waals surface area contributed by atoms with E-state index < -0.39 is 18.0 Å². The molecule has 2 rings (SSSR count). The molecule has 1 aliphatic heterocycles. The highest BCUT2D eigenvalue weighted by molar-refractivity contribution is 5.42. The fourth-order valence-corrected chi connectivity index (χ4v) is 2.14. The number of benzene rings is 1. The normalized spacial score (nSPS) is 22.1. The van der Waals surface area contributed by atoms with E-state index in [1.54, 1.807) is 12.1 Å². The second-order valence-electron chi connectivity index (χ2n) is 4.84. The Hall–Kier alpha value is -1.49. The lowest BCUT2D eigenvalue weighted by molar-refractivity contribution is -0.129. The van der Waals surface area contributed by atoms with E-state index in [0.717, 1.165) is 16.7 Å². The average molecular weight is 272 g/mol. The maximum absolute atomic E-state index is 12.5. The van der Waals surface area contributed by atoms with Crippen molar-refractivity contribution in [2.75, 3.05) is 6.61 Å². The number of aliphatic hydroxyl groups excluding tert-OH is 1. The molecule has 104 valence electrons. The summed E-state index contributed by atoms with van der Waals surface area (Å²) in [6.45, 7) is 5.58. The predicted molar refractivity (Wildman–Crippen MR) is 65.1 cm³/mol. The van der Waals surface area contributed by atoms with Gasteiger partial charge in [-0.1, -0.05) is 12.1 Å². The van der Waals surface area contributed by atoms with Gasteiger partial charge in [-0.05, 0) is 43.0 Å². The van der Waals surface area contributed by atoms with Crippen molar-refractivity contribution in [2.24, 2.45) is 0 Å². The fraction of sp³-hybridized carbons (Fsp3) is 0.429. The van der Waals surface area contributed by atoms with Crippen LogP contribution in [0.5, 0.6) is 0 Å². The molecule has 1 fully saturated rings. The number of alkyl halides is 3. The highest BCUT2D eigenvalue weighted by Crippen LogP contribution is 2.41. The Kier molecular flexibility index (Phi) is 3.34. The quantitative estimate of drug-likeness (QED) is 0.781. The standard InChI is InChI=1S/C14H15F3O2/c1-7-4-10(5-8(2)9(7)3)12-11(6-19-12)13(18)14(15,16)17/h4-5,12,18H,6H2,1-3H3/b13-11-. The van der Waals surface area contributed by atoms with Crippen LogP contribution < -0.4 is 0 Å². The third kappa shape index (κ3) is 2.47. The molecule has 0 radical (unpaired) electrons. The molecule has 1 heterocycles. The van der Waals surface area contributed by atoms with Crippen LogP contribution >= 0.6 is 0 Å². The molecular formula is C14H15F3O2. The molecule has 0 aromatic heterocycles.